The molecule has 6 nitrogen and oxygen atoms in total. The van der Waals surface area contributed by atoms with Gasteiger partial charge >= 0.3 is 21.3 Å². The van der Waals surface area contributed by atoms with Gasteiger partial charge in [0.15, 0.2) is 0 Å². The molecular formula is C17H16F2O6S. The van der Waals surface area contributed by atoms with Gasteiger partial charge in [-0.15, -0.1) is 0 Å². The molecular weight excluding hydrogens is 370 g/mol. The predicted molar refractivity (Wildman–Crippen MR) is 91.6 cm³/mol. The van der Waals surface area contributed by atoms with E-state index in [-0.39, 0.29) is 13.0 Å². The van der Waals surface area contributed by atoms with Crippen molar-refractivity contribution in [3.8, 4) is 5.75 Å². The molecule has 26 heavy (non-hydrogen) atoms. The van der Waals surface area contributed by atoms with E-state index in [2.05, 4.69) is 11.3 Å². The lowest BCUT2D eigenvalue weighted by molar-refractivity contribution is -0.161. The van der Waals surface area contributed by atoms with Gasteiger partial charge in [0.2, 0.25) is 0 Å². The monoisotopic (exact) mass is 386 g/mol. The van der Waals surface area contributed by atoms with Crippen molar-refractivity contribution >= 4 is 32.9 Å². The van der Waals surface area contributed by atoms with E-state index < -0.39 is 27.9 Å². The molecule has 0 aliphatic carbocycles. The van der Waals surface area contributed by atoms with Crippen molar-refractivity contribution in [2.24, 2.45) is 0 Å². The fraction of sp³-hybridized carbons (Fsp3) is 0.235. The van der Waals surface area contributed by atoms with Crippen LogP contribution in [-0.4, -0.2) is 37.4 Å². The van der Waals surface area contributed by atoms with Gasteiger partial charge in [0, 0.05) is 11.8 Å². The van der Waals surface area contributed by atoms with Crippen LogP contribution in [0.3, 0.4) is 0 Å². The van der Waals surface area contributed by atoms with E-state index in [4.69, 9.17) is 9.29 Å². The van der Waals surface area contributed by atoms with Crippen LogP contribution < -0.4 is 4.74 Å². The minimum atomic E-state index is -5.87. The first-order valence-corrected chi connectivity index (χ1v) is 8.91. The van der Waals surface area contributed by atoms with Crippen LogP contribution in [-0.2, 0) is 19.6 Å². The minimum absolute atomic E-state index is 0.0438. The second kappa shape index (κ2) is 7.79. The fourth-order valence-corrected chi connectivity index (χ4v) is 2.47. The van der Waals surface area contributed by atoms with Crippen molar-refractivity contribution in [2.75, 3.05) is 13.2 Å². The molecule has 1 N–H and O–H groups in total. The summed E-state index contributed by atoms with van der Waals surface area (Å²) in [5.74, 6) is -1.78. The Hall–Kier alpha value is -2.52. The van der Waals surface area contributed by atoms with Crippen molar-refractivity contribution in [1.29, 1.82) is 0 Å². The van der Waals surface area contributed by atoms with Crippen molar-refractivity contribution < 1.29 is 36.0 Å². The van der Waals surface area contributed by atoms with Crippen LogP contribution in [0.5, 0.6) is 5.75 Å². The molecule has 0 saturated heterocycles. The molecule has 0 fully saturated rings. The third-order valence-corrected chi connectivity index (χ3v) is 4.29. The fourth-order valence-electron chi connectivity index (χ4n) is 2.20. The number of carbonyl (C=O) groups excluding carboxylic acids is 1. The van der Waals surface area contributed by atoms with Crippen LogP contribution in [0.1, 0.15) is 12.0 Å². The summed E-state index contributed by atoms with van der Waals surface area (Å²) in [7, 11) is -5.87. The summed E-state index contributed by atoms with van der Waals surface area (Å²) in [6.45, 7) is 3.29. The van der Waals surface area contributed by atoms with Crippen LogP contribution in [0.15, 0.2) is 43.0 Å². The zero-order valence-corrected chi connectivity index (χ0v) is 14.3. The Morgan fingerprint density at radius 1 is 1.15 bits per heavy atom. The molecule has 0 spiro atoms. The molecule has 2 aromatic rings. The highest BCUT2D eigenvalue weighted by atomic mass is 32.2. The van der Waals surface area contributed by atoms with Gasteiger partial charge in [-0.25, -0.2) is 4.79 Å². The Kier molecular flexibility index (Phi) is 5.94. The van der Waals surface area contributed by atoms with E-state index in [0.717, 1.165) is 16.3 Å². The van der Waals surface area contributed by atoms with Gasteiger partial charge in [0.25, 0.3) is 0 Å². The van der Waals surface area contributed by atoms with E-state index in [1.807, 2.05) is 24.3 Å². The van der Waals surface area contributed by atoms with Gasteiger partial charge in [0.1, 0.15) is 5.75 Å². The number of benzene rings is 2. The van der Waals surface area contributed by atoms with Crippen LogP contribution in [0, 0.1) is 0 Å². The lowest BCUT2D eigenvalue weighted by atomic mass is 10.0. The third kappa shape index (κ3) is 4.17. The van der Waals surface area contributed by atoms with E-state index >= 15 is 0 Å². The molecule has 0 atom stereocenters. The molecule has 0 aromatic heterocycles. The van der Waals surface area contributed by atoms with Gasteiger partial charge in [0.05, 0.1) is 13.2 Å². The molecule has 2 aromatic carbocycles. The number of hydrogen-bond acceptors (Lipinski definition) is 5. The smallest absolute Gasteiger partial charge is 0.465 e. The molecule has 0 unspecified atom stereocenters. The first kappa shape index (κ1) is 19.8. The summed E-state index contributed by atoms with van der Waals surface area (Å²) in [6, 6.07) is 11.0. The Morgan fingerprint density at radius 3 is 2.46 bits per heavy atom. The second-order valence-corrected chi connectivity index (χ2v) is 6.70. The summed E-state index contributed by atoms with van der Waals surface area (Å²) >= 11 is 0. The number of hydrogen-bond donors (Lipinski definition) is 1. The lowest BCUT2D eigenvalue weighted by Gasteiger charge is -2.13. The topological polar surface area (TPSA) is 89.9 Å². The first-order chi connectivity index (χ1) is 12.2. The van der Waals surface area contributed by atoms with Crippen molar-refractivity contribution in [2.45, 2.75) is 11.7 Å². The standard InChI is InChI=1S/C17H16F2O6S/c1-2-12-6-3-8-14-13(12)7-4-9-15(14)24-10-5-11-25-16(20)17(18,19)26(21,22)23/h2-4,6-9H,1,5,10-11H2,(H,21,22,23). The zero-order chi connectivity index (χ0) is 19.4. The average molecular weight is 386 g/mol. The maximum absolute atomic E-state index is 13.0. The summed E-state index contributed by atoms with van der Waals surface area (Å²) < 4.78 is 64.9. The number of ether oxygens (including phenoxy) is 2. The SMILES string of the molecule is C=Cc1cccc2c(OCCCOC(=O)C(F)(F)S(=O)(=O)O)cccc12. The minimum Gasteiger partial charge on any atom is -0.493 e. The zero-order valence-electron chi connectivity index (χ0n) is 13.5. The van der Waals surface area contributed by atoms with Gasteiger partial charge in [-0.05, 0) is 17.0 Å². The van der Waals surface area contributed by atoms with Gasteiger partial charge in [-0.2, -0.15) is 17.2 Å². The van der Waals surface area contributed by atoms with Gasteiger partial charge < -0.3 is 9.47 Å². The molecule has 9 heteroatoms. The quantitative estimate of drug-likeness (QED) is 0.425. The number of fused-ring (bicyclic) bond motifs is 1. The third-order valence-electron chi connectivity index (χ3n) is 3.48. The molecule has 0 amide bonds. The maximum atomic E-state index is 13.0. The van der Waals surface area contributed by atoms with E-state index in [9.17, 15) is 22.0 Å². The second-order valence-electron chi connectivity index (χ2n) is 5.23. The Balaban J connectivity index is 1.93. The molecule has 0 radical (unpaired) electrons. The van der Waals surface area contributed by atoms with Crippen LogP contribution >= 0.6 is 0 Å². The highest BCUT2D eigenvalue weighted by Crippen LogP contribution is 2.28. The molecule has 2 rings (SSSR count). The van der Waals surface area contributed by atoms with Crippen molar-refractivity contribution in [3.05, 3.63) is 48.5 Å². The molecule has 0 saturated carbocycles. The van der Waals surface area contributed by atoms with E-state index in [0.29, 0.717) is 5.75 Å². The largest absolute Gasteiger partial charge is 0.493 e. The Labute approximate surface area is 148 Å². The van der Waals surface area contributed by atoms with Crippen LogP contribution in [0.2, 0.25) is 0 Å². The first-order valence-electron chi connectivity index (χ1n) is 7.47. The van der Waals surface area contributed by atoms with Crippen molar-refractivity contribution in [1.82, 2.24) is 0 Å². The average Bonchev–Trinajstić information content (AvgIpc) is 2.59. The highest BCUT2D eigenvalue weighted by molar-refractivity contribution is 7.87. The van der Waals surface area contributed by atoms with Crippen LogP contribution in [0.25, 0.3) is 16.8 Å². The highest BCUT2D eigenvalue weighted by Gasteiger charge is 2.54. The number of esters is 1. The predicted octanol–water partition coefficient (Wildman–Crippen LogP) is 3.28. The van der Waals surface area contributed by atoms with E-state index in [1.54, 1.807) is 18.2 Å². The number of halogens is 2. The van der Waals surface area contributed by atoms with Gasteiger partial charge in [-0.1, -0.05) is 43.0 Å². The van der Waals surface area contributed by atoms with Crippen molar-refractivity contribution in [3.63, 3.8) is 0 Å². The number of alkyl halides is 2. The Bertz CT molecular complexity index is 924. The molecule has 0 heterocycles. The number of rotatable bonds is 8. The van der Waals surface area contributed by atoms with Crippen LogP contribution in [0.4, 0.5) is 8.78 Å². The Morgan fingerprint density at radius 2 is 1.81 bits per heavy atom. The van der Waals surface area contributed by atoms with E-state index in [1.165, 1.54) is 0 Å². The molecule has 140 valence electrons. The normalized spacial score (nSPS) is 12.0. The van der Waals surface area contributed by atoms with Gasteiger partial charge in [-0.3, -0.25) is 4.55 Å². The maximum Gasteiger partial charge on any atom is 0.465 e. The summed E-state index contributed by atoms with van der Waals surface area (Å²) in [5.41, 5.74) is 0.925. The number of carbonyl (C=O) groups is 1. The summed E-state index contributed by atoms with van der Waals surface area (Å²) in [4.78, 5) is 11.0. The summed E-state index contributed by atoms with van der Waals surface area (Å²) in [6.07, 6.45) is 1.76. The lowest BCUT2D eigenvalue weighted by Crippen LogP contribution is -2.39. The molecule has 0 bridgehead atoms. The molecule has 0 aliphatic rings. The summed E-state index contributed by atoms with van der Waals surface area (Å²) in [5, 5.41) is -3.23. The molecule has 0 aliphatic heterocycles.